The zero-order valence-corrected chi connectivity index (χ0v) is 10.0. The third-order valence-corrected chi connectivity index (χ3v) is 2.39. The fourth-order valence-corrected chi connectivity index (χ4v) is 1.48. The maximum absolute atomic E-state index is 8.98. The third-order valence-electron chi connectivity index (χ3n) is 2.39. The highest BCUT2D eigenvalue weighted by Gasteiger charge is 2.06. The Morgan fingerprint density at radius 2 is 2.11 bits per heavy atom. The summed E-state index contributed by atoms with van der Waals surface area (Å²) in [5.74, 6) is 0.696. The van der Waals surface area contributed by atoms with Gasteiger partial charge in [0.1, 0.15) is 18.0 Å². The predicted molar refractivity (Wildman–Crippen MR) is 69.6 cm³/mol. The van der Waals surface area contributed by atoms with E-state index in [4.69, 9.17) is 16.2 Å². The standard InChI is InChI=1S/C11H13N7O/c12-1-9-10(13)16-6-17-11(9)15-4-7-2-14-3-8(5-19)18-7/h1-3,6,12,19H,4-5H2,(H3,13,15,16,17). The molecule has 0 fully saturated rings. The summed E-state index contributed by atoms with van der Waals surface area (Å²) in [6, 6.07) is 0. The average molecular weight is 259 g/mol. The maximum atomic E-state index is 8.98. The van der Waals surface area contributed by atoms with Gasteiger partial charge in [-0.05, 0) is 0 Å². The van der Waals surface area contributed by atoms with Crippen LogP contribution in [0.2, 0.25) is 0 Å². The molecule has 0 aromatic carbocycles. The molecular weight excluding hydrogens is 246 g/mol. The molecule has 5 N–H and O–H groups in total. The lowest BCUT2D eigenvalue weighted by Crippen LogP contribution is -2.09. The number of nitrogens with two attached hydrogens (primary N) is 1. The second-order valence-electron chi connectivity index (χ2n) is 3.68. The fourth-order valence-electron chi connectivity index (χ4n) is 1.48. The molecule has 0 atom stereocenters. The van der Waals surface area contributed by atoms with E-state index in [-0.39, 0.29) is 12.4 Å². The third kappa shape index (κ3) is 2.99. The van der Waals surface area contributed by atoms with Gasteiger partial charge in [0.25, 0.3) is 0 Å². The minimum atomic E-state index is -0.160. The second kappa shape index (κ2) is 5.83. The van der Waals surface area contributed by atoms with E-state index in [2.05, 4.69) is 25.3 Å². The first kappa shape index (κ1) is 12.8. The number of nitrogens with one attached hydrogen (secondary N) is 2. The van der Waals surface area contributed by atoms with E-state index >= 15 is 0 Å². The van der Waals surface area contributed by atoms with Crippen molar-refractivity contribution < 1.29 is 5.11 Å². The quantitative estimate of drug-likeness (QED) is 0.553. The summed E-state index contributed by atoms with van der Waals surface area (Å²) >= 11 is 0. The number of nitrogen functional groups attached to an aromatic ring is 1. The number of nitrogens with zero attached hydrogens (tertiary/aromatic N) is 4. The zero-order chi connectivity index (χ0) is 13.7. The molecule has 98 valence electrons. The van der Waals surface area contributed by atoms with Crippen molar-refractivity contribution in [1.29, 1.82) is 5.41 Å². The van der Waals surface area contributed by atoms with Gasteiger partial charge in [-0.2, -0.15) is 0 Å². The Balaban J connectivity index is 2.14. The lowest BCUT2D eigenvalue weighted by molar-refractivity contribution is 0.276. The Bertz CT molecular complexity index is 587. The number of rotatable bonds is 5. The van der Waals surface area contributed by atoms with E-state index in [1.807, 2.05) is 0 Å². The van der Waals surface area contributed by atoms with Gasteiger partial charge >= 0.3 is 0 Å². The van der Waals surface area contributed by atoms with Crippen LogP contribution in [-0.4, -0.2) is 31.3 Å². The summed E-state index contributed by atoms with van der Waals surface area (Å²) in [5, 5.41) is 19.3. The van der Waals surface area contributed by atoms with Crippen molar-refractivity contribution in [3.63, 3.8) is 0 Å². The first-order chi connectivity index (χ1) is 9.24. The van der Waals surface area contributed by atoms with Crippen molar-refractivity contribution in [3.8, 4) is 0 Å². The Kier molecular flexibility index (Phi) is 3.94. The highest BCUT2D eigenvalue weighted by atomic mass is 16.3. The molecule has 0 saturated carbocycles. The molecule has 0 amide bonds. The highest BCUT2D eigenvalue weighted by Crippen LogP contribution is 2.14. The Morgan fingerprint density at radius 1 is 1.32 bits per heavy atom. The van der Waals surface area contributed by atoms with Crippen molar-refractivity contribution in [1.82, 2.24) is 19.9 Å². The smallest absolute Gasteiger partial charge is 0.140 e. The van der Waals surface area contributed by atoms with Gasteiger partial charge in [0.2, 0.25) is 0 Å². The van der Waals surface area contributed by atoms with Crippen molar-refractivity contribution in [2.75, 3.05) is 11.1 Å². The molecule has 8 nitrogen and oxygen atoms in total. The predicted octanol–water partition coefficient (Wildman–Crippen LogP) is -0.0491. The molecule has 0 bridgehead atoms. The highest BCUT2D eigenvalue weighted by molar-refractivity contribution is 5.89. The first-order valence-electron chi connectivity index (χ1n) is 5.50. The lowest BCUT2D eigenvalue weighted by atomic mass is 10.3. The van der Waals surface area contributed by atoms with Crippen LogP contribution in [0.25, 0.3) is 0 Å². The van der Waals surface area contributed by atoms with E-state index < -0.39 is 0 Å². The van der Waals surface area contributed by atoms with Crippen LogP contribution in [0.1, 0.15) is 17.0 Å². The average Bonchev–Trinajstić information content (AvgIpc) is 2.45. The Hall–Kier alpha value is -2.61. The van der Waals surface area contributed by atoms with E-state index in [1.54, 1.807) is 6.20 Å². The van der Waals surface area contributed by atoms with Crippen molar-refractivity contribution in [3.05, 3.63) is 35.7 Å². The number of hydrogen-bond donors (Lipinski definition) is 4. The first-order valence-corrected chi connectivity index (χ1v) is 5.50. The SMILES string of the molecule is N=Cc1c(N)ncnc1NCc1cncc(CO)n1. The monoisotopic (exact) mass is 259 g/mol. The number of aliphatic hydroxyl groups excluding tert-OH is 1. The minimum absolute atomic E-state index is 0.160. The fraction of sp³-hybridized carbons (Fsp3) is 0.182. The van der Waals surface area contributed by atoms with Gasteiger partial charge in [-0.1, -0.05) is 0 Å². The summed E-state index contributed by atoms with van der Waals surface area (Å²) in [7, 11) is 0. The van der Waals surface area contributed by atoms with Crippen LogP contribution < -0.4 is 11.1 Å². The molecule has 2 rings (SSSR count). The summed E-state index contributed by atoms with van der Waals surface area (Å²) in [6.45, 7) is 0.200. The van der Waals surface area contributed by atoms with Crippen molar-refractivity contribution >= 4 is 17.9 Å². The summed E-state index contributed by atoms with van der Waals surface area (Å²) in [6.07, 6.45) is 5.49. The largest absolute Gasteiger partial charge is 0.390 e. The summed E-state index contributed by atoms with van der Waals surface area (Å²) < 4.78 is 0. The summed E-state index contributed by atoms with van der Waals surface area (Å²) in [5.41, 5.74) is 7.21. The molecule has 19 heavy (non-hydrogen) atoms. The van der Waals surface area contributed by atoms with E-state index in [1.165, 1.54) is 12.5 Å². The second-order valence-corrected chi connectivity index (χ2v) is 3.68. The van der Waals surface area contributed by atoms with Crippen molar-refractivity contribution in [2.45, 2.75) is 13.2 Å². The van der Waals surface area contributed by atoms with Crippen LogP contribution in [-0.2, 0) is 13.2 Å². The molecule has 8 heteroatoms. The lowest BCUT2D eigenvalue weighted by Gasteiger charge is -2.09. The number of aromatic nitrogens is 4. The molecular formula is C11H13N7O. The normalized spacial score (nSPS) is 10.2. The molecule has 0 unspecified atom stereocenters. The van der Waals surface area contributed by atoms with Crippen LogP contribution in [0, 0.1) is 5.41 Å². The van der Waals surface area contributed by atoms with Gasteiger partial charge in [-0.25, -0.2) is 9.97 Å². The Morgan fingerprint density at radius 3 is 2.84 bits per heavy atom. The van der Waals surface area contributed by atoms with E-state index in [0.29, 0.717) is 29.3 Å². The molecule has 0 aliphatic carbocycles. The molecule has 0 aliphatic heterocycles. The topological polar surface area (TPSA) is 134 Å². The molecule has 2 heterocycles. The molecule has 0 spiro atoms. The molecule has 2 aromatic rings. The molecule has 0 radical (unpaired) electrons. The molecule has 2 aromatic heterocycles. The minimum Gasteiger partial charge on any atom is -0.390 e. The molecule has 0 saturated heterocycles. The molecule has 0 aliphatic rings. The van der Waals surface area contributed by atoms with Crippen LogP contribution in [0.5, 0.6) is 0 Å². The van der Waals surface area contributed by atoms with E-state index in [9.17, 15) is 0 Å². The Labute approximate surface area is 109 Å². The van der Waals surface area contributed by atoms with Gasteiger partial charge in [-0.3, -0.25) is 9.97 Å². The zero-order valence-electron chi connectivity index (χ0n) is 10.0. The summed E-state index contributed by atoms with van der Waals surface area (Å²) in [4.78, 5) is 16.0. The van der Waals surface area contributed by atoms with Gasteiger partial charge < -0.3 is 21.6 Å². The van der Waals surface area contributed by atoms with Gasteiger partial charge in [0.05, 0.1) is 42.5 Å². The number of hydrogen-bond acceptors (Lipinski definition) is 8. The maximum Gasteiger partial charge on any atom is 0.140 e. The van der Waals surface area contributed by atoms with Crippen LogP contribution >= 0.6 is 0 Å². The van der Waals surface area contributed by atoms with Gasteiger partial charge in [0.15, 0.2) is 0 Å². The van der Waals surface area contributed by atoms with Crippen LogP contribution in [0.4, 0.5) is 11.6 Å². The number of aliphatic hydroxyl groups is 1. The van der Waals surface area contributed by atoms with Gasteiger partial charge in [-0.15, -0.1) is 0 Å². The van der Waals surface area contributed by atoms with Crippen LogP contribution in [0.15, 0.2) is 18.7 Å². The van der Waals surface area contributed by atoms with Crippen molar-refractivity contribution in [2.24, 2.45) is 0 Å². The number of anilines is 2. The van der Waals surface area contributed by atoms with Crippen LogP contribution in [0.3, 0.4) is 0 Å². The van der Waals surface area contributed by atoms with E-state index in [0.717, 1.165) is 6.21 Å². The van der Waals surface area contributed by atoms with Gasteiger partial charge in [0, 0.05) is 6.21 Å².